The lowest BCUT2D eigenvalue weighted by Crippen LogP contribution is -2.26. The predicted molar refractivity (Wildman–Crippen MR) is 105 cm³/mol. The van der Waals surface area contributed by atoms with E-state index in [2.05, 4.69) is 6.92 Å². The summed E-state index contributed by atoms with van der Waals surface area (Å²) in [6.07, 6.45) is 12.7. The second-order valence-corrected chi connectivity index (χ2v) is 8.16. The quantitative estimate of drug-likeness (QED) is 0.227. The maximum Gasteiger partial charge on any atom is 0.306 e. The van der Waals surface area contributed by atoms with E-state index in [4.69, 9.17) is 21.1 Å². The molecule has 1 rings (SSSR count). The molecule has 0 spiro atoms. The fourth-order valence-electron chi connectivity index (χ4n) is 3.38. The van der Waals surface area contributed by atoms with E-state index in [1.807, 2.05) is 6.92 Å². The van der Waals surface area contributed by atoms with Gasteiger partial charge in [0.15, 0.2) is 0 Å². The van der Waals surface area contributed by atoms with E-state index in [1.54, 1.807) is 0 Å². The van der Waals surface area contributed by atoms with Crippen LogP contribution in [0.3, 0.4) is 0 Å². The van der Waals surface area contributed by atoms with Gasteiger partial charge >= 0.3 is 11.9 Å². The van der Waals surface area contributed by atoms with Crippen LogP contribution in [0.25, 0.3) is 0 Å². The molecule has 0 aromatic heterocycles. The van der Waals surface area contributed by atoms with Crippen LogP contribution in [0.5, 0.6) is 0 Å². The molecule has 1 saturated carbocycles. The highest BCUT2D eigenvalue weighted by molar-refractivity contribution is 6.20. The number of carbonyl (C=O) groups is 2. The van der Waals surface area contributed by atoms with Crippen LogP contribution in [0.1, 0.15) is 97.3 Å². The number of unbranched alkanes of at least 4 members (excludes halogenated alkanes) is 5. The van der Waals surface area contributed by atoms with Gasteiger partial charge in [-0.1, -0.05) is 51.9 Å². The standard InChI is InChI=1S/C21H37ClO4/c1-3-4-5-6-7-8-11-17(2)26-21(24)15-14-20(23)25-16-18-12-9-10-13-19(18)22/h17-19H,3-16H2,1-2H3. The predicted octanol–water partition coefficient (Wildman–Crippen LogP) is 5.79. The van der Waals surface area contributed by atoms with Gasteiger partial charge in [0, 0.05) is 11.3 Å². The zero-order valence-electron chi connectivity index (χ0n) is 16.6. The van der Waals surface area contributed by atoms with Crippen molar-refractivity contribution >= 4 is 23.5 Å². The molecule has 0 bridgehead atoms. The summed E-state index contributed by atoms with van der Waals surface area (Å²) in [7, 11) is 0. The lowest BCUT2D eigenvalue weighted by atomic mass is 9.89. The first kappa shape index (κ1) is 23.3. The normalized spacial score (nSPS) is 21.2. The van der Waals surface area contributed by atoms with Gasteiger partial charge in [0.2, 0.25) is 0 Å². The molecule has 1 fully saturated rings. The Bertz CT molecular complexity index is 399. The molecular weight excluding hydrogens is 352 g/mol. The van der Waals surface area contributed by atoms with Gasteiger partial charge in [-0.25, -0.2) is 0 Å². The Labute approximate surface area is 164 Å². The Morgan fingerprint density at radius 1 is 1.00 bits per heavy atom. The molecule has 0 radical (unpaired) electrons. The van der Waals surface area contributed by atoms with E-state index in [-0.39, 0.29) is 42.2 Å². The molecule has 0 saturated heterocycles. The third-order valence-corrected chi connectivity index (χ3v) is 5.68. The molecule has 5 heteroatoms. The summed E-state index contributed by atoms with van der Waals surface area (Å²) in [6, 6.07) is 0. The number of esters is 2. The molecule has 0 amide bonds. The number of halogens is 1. The Morgan fingerprint density at radius 3 is 2.38 bits per heavy atom. The third kappa shape index (κ3) is 11.1. The highest BCUT2D eigenvalue weighted by Crippen LogP contribution is 2.28. The largest absolute Gasteiger partial charge is 0.465 e. The van der Waals surface area contributed by atoms with Crippen LogP contribution < -0.4 is 0 Å². The van der Waals surface area contributed by atoms with E-state index in [0.29, 0.717) is 6.61 Å². The third-order valence-electron chi connectivity index (χ3n) is 5.10. The topological polar surface area (TPSA) is 52.6 Å². The van der Waals surface area contributed by atoms with E-state index in [9.17, 15) is 9.59 Å². The summed E-state index contributed by atoms with van der Waals surface area (Å²) in [5, 5.41) is 0.101. The van der Waals surface area contributed by atoms with Crippen molar-refractivity contribution in [1.82, 2.24) is 0 Å². The second kappa shape index (κ2) is 14.3. The zero-order valence-corrected chi connectivity index (χ0v) is 17.4. The number of alkyl halides is 1. The highest BCUT2D eigenvalue weighted by Gasteiger charge is 2.24. The number of hydrogen-bond donors (Lipinski definition) is 0. The zero-order chi connectivity index (χ0) is 19.2. The first-order valence-electron chi connectivity index (χ1n) is 10.5. The van der Waals surface area contributed by atoms with Gasteiger partial charge < -0.3 is 9.47 Å². The average molecular weight is 389 g/mol. The van der Waals surface area contributed by atoms with Crippen molar-refractivity contribution in [2.45, 2.75) is 109 Å². The molecule has 1 aliphatic rings. The Hall–Kier alpha value is -0.770. The smallest absolute Gasteiger partial charge is 0.306 e. The van der Waals surface area contributed by atoms with E-state index in [1.165, 1.54) is 32.1 Å². The van der Waals surface area contributed by atoms with Crippen molar-refractivity contribution in [2.75, 3.05) is 6.61 Å². The fourth-order valence-corrected chi connectivity index (χ4v) is 3.73. The monoisotopic (exact) mass is 388 g/mol. The average Bonchev–Trinajstić information content (AvgIpc) is 2.62. The van der Waals surface area contributed by atoms with Crippen LogP contribution in [-0.2, 0) is 19.1 Å². The number of carbonyl (C=O) groups excluding carboxylic acids is 2. The van der Waals surface area contributed by atoms with Crippen molar-refractivity contribution in [1.29, 1.82) is 0 Å². The molecule has 3 unspecified atom stereocenters. The Balaban J connectivity index is 2.04. The summed E-state index contributed by atoms with van der Waals surface area (Å²) in [6.45, 7) is 4.50. The minimum Gasteiger partial charge on any atom is -0.465 e. The van der Waals surface area contributed by atoms with Crippen LogP contribution in [0, 0.1) is 5.92 Å². The first-order chi connectivity index (χ1) is 12.5. The van der Waals surface area contributed by atoms with Crippen molar-refractivity contribution in [3.8, 4) is 0 Å². The minimum absolute atomic E-state index is 0.0797. The van der Waals surface area contributed by atoms with Crippen LogP contribution in [0.4, 0.5) is 0 Å². The SMILES string of the molecule is CCCCCCCCC(C)OC(=O)CCC(=O)OCC1CCCCC1Cl. The van der Waals surface area contributed by atoms with Gasteiger partial charge in [0.1, 0.15) is 0 Å². The molecule has 1 aliphatic carbocycles. The molecular formula is C21H37ClO4. The van der Waals surface area contributed by atoms with Crippen LogP contribution in [-0.4, -0.2) is 30.0 Å². The van der Waals surface area contributed by atoms with Crippen molar-refractivity contribution in [3.05, 3.63) is 0 Å². The molecule has 0 heterocycles. The van der Waals surface area contributed by atoms with Gasteiger partial charge in [-0.2, -0.15) is 0 Å². The lowest BCUT2D eigenvalue weighted by Gasteiger charge is -2.26. The fraction of sp³-hybridized carbons (Fsp3) is 0.905. The van der Waals surface area contributed by atoms with Gasteiger partial charge in [-0.05, 0) is 32.6 Å². The molecule has 0 aliphatic heterocycles. The molecule has 0 aromatic rings. The summed E-state index contributed by atoms with van der Waals surface area (Å²) in [5.41, 5.74) is 0. The minimum atomic E-state index is -0.333. The summed E-state index contributed by atoms with van der Waals surface area (Å²) in [5.74, 6) is -0.396. The molecule has 4 nitrogen and oxygen atoms in total. The second-order valence-electron chi connectivity index (χ2n) is 7.60. The lowest BCUT2D eigenvalue weighted by molar-refractivity contribution is -0.154. The summed E-state index contributed by atoms with van der Waals surface area (Å²) >= 11 is 6.26. The van der Waals surface area contributed by atoms with Crippen molar-refractivity contribution < 1.29 is 19.1 Å². The van der Waals surface area contributed by atoms with E-state index >= 15 is 0 Å². The molecule has 3 atom stereocenters. The number of ether oxygens (including phenoxy) is 2. The summed E-state index contributed by atoms with van der Waals surface area (Å²) in [4.78, 5) is 23.6. The summed E-state index contributed by atoms with van der Waals surface area (Å²) < 4.78 is 10.7. The van der Waals surface area contributed by atoms with Crippen LogP contribution in [0.2, 0.25) is 0 Å². The first-order valence-corrected chi connectivity index (χ1v) is 11.0. The number of hydrogen-bond acceptors (Lipinski definition) is 4. The maximum atomic E-state index is 11.8. The van der Waals surface area contributed by atoms with Gasteiger partial charge in [-0.15, -0.1) is 11.6 Å². The highest BCUT2D eigenvalue weighted by atomic mass is 35.5. The molecule has 152 valence electrons. The molecule has 0 aromatic carbocycles. The van der Waals surface area contributed by atoms with Gasteiger partial charge in [0.05, 0.1) is 25.6 Å². The van der Waals surface area contributed by atoms with Crippen LogP contribution >= 0.6 is 11.6 Å². The van der Waals surface area contributed by atoms with Gasteiger partial charge in [-0.3, -0.25) is 9.59 Å². The van der Waals surface area contributed by atoms with Gasteiger partial charge in [0.25, 0.3) is 0 Å². The Morgan fingerprint density at radius 2 is 1.65 bits per heavy atom. The number of rotatable bonds is 13. The molecule has 26 heavy (non-hydrogen) atoms. The van der Waals surface area contributed by atoms with Crippen molar-refractivity contribution in [3.63, 3.8) is 0 Å². The maximum absolute atomic E-state index is 11.8. The Kier molecular flexibility index (Phi) is 12.8. The molecule has 0 N–H and O–H groups in total. The van der Waals surface area contributed by atoms with Crippen LogP contribution in [0.15, 0.2) is 0 Å². The van der Waals surface area contributed by atoms with E-state index in [0.717, 1.165) is 38.5 Å². The van der Waals surface area contributed by atoms with Crippen molar-refractivity contribution in [2.24, 2.45) is 5.92 Å². The van der Waals surface area contributed by atoms with E-state index < -0.39 is 0 Å².